The lowest BCUT2D eigenvalue weighted by atomic mass is 10.1. The molecule has 0 saturated heterocycles. The highest BCUT2D eigenvalue weighted by atomic mass is 32.2. The third kappa shape index (κ3) is 3.69. The summed E-state index contributed by atoms with van der Waals surface area (Å²) in [5.41, 5.74) is 1.69. The fourth-order valence-corrected chi connectivity index (χ4v) is 3.65. The van der Waals surface area contributed by atoms with Crippen LogP contribution in [0, 0.1) is 0 Å². The van der Waals surface area contributed by atoms with E-state index in [4.69, 9.17) is 0 Å². The molecule has 1 saturated carbocycles. The molecule has 0 heterocycles. The predicted octanol–water partition coefficient (Wildman–Crippen LogP) is 3.52. The highest BCUT2D eigenvalue weighted by Gasteiger charge is 2.28. The molecule has 20 heavy (non-hydrogen) atoms. The molecule has 2 rings (SSSR count). The van der Waals surface area contributed by atoms with Gasteiger partial charge in [-0.25, -0.2) is 0 Å². The zero-order valence-electron chi connectivity index (χ0n) is 12.3. The van der Waals surface area contributed by atoms with Gasteiger partial charge < -0.3 is 10.6 Å². The smallest absolute Gasteiger partial charge is 0.253 e. The summed E-state index contributed by atoms with van der Waals surface area (Å²) < 4.78 is 0. The normalized spacial score (nSPS) is 21.7. The number of nitrogens with one attached hydrogen (secondary N) is 2. The van der Waals surface area contributed by atoms with E-state index in [0.717, 1.165) is 30.6 Å². The highest BCUT2D eigenvalue weighted by molar-refractivity contribution is 7.99. The van der Waals surface area contributed by atoms with Crippen LogP contribution in [0.15, 0.2) is 24.3 Å². The van der Waals surface area contributed by atoms with Crippen LogP contribution >= 0.6 is 11.8 Å². The Morgan fingerprint density at radius 1 is 1.35 bits per heavy atom. The number of carbonyl (C=O) groups is 1. The lowest BCUT2D eigenvalue weighted by molar-refractivity contribution is 0.0939. The van der Waals surface area contributed by atoms with Crippen LogP contribution in [0.25, 0.3) is 0 Å². The summed E-state index contributed by atoms with van der Waals surface area (Å²) in [6.45, 7) is 3.01. The van der Waals surface area contributed by atoms with Gasteiger partial charge >= 0.3 is 0 Å². The van der Waals surface area contributed by atoms with Crippen LogP contribution in [-0.4, -0.2) is 30.0 Å². The first-order valence-electron chi connectivity index (χ1n) is 7.42. The summed E-state index contributed by atoms with van der Waals surface area (Å²) in [6, 6.07) is 8.08. The van der Waals surface area contributed by atoms with E-state index in [2.05, 4.69) is 23.8 Å². The Morgan fingerprint density at radius 3 is 2.90 bits per heavy atom. The summed E-state index contributed by atoms with van der Waals surface area (Å²) in [6.07, 6.45) is 6.70. The zero-order chi connectivity index (χ0) is 14.4. The summed E-state index contributed by atoms with van der Waals surface area (Å²) in [7, 11) is 0. The van der Waals surface area contributed by atoms with Gasteiger partial charge in [0.1, 0.15) is 0 Å². The third-order valence-corrected chi connectivity index (χ3v) is 4.98. The van der Waals surface area contributed by atoms with Gasteiger partial charge in [0.25, 0.3) is 5.91 Å². The van der Waals surface area contributed by atoms with Crippen molar-refractivity contribution in [2.24, 2.45) is 0 Å². The van der Waals surface area contributed by atoms with Crippen molar-refractivity contribution in [2.45, 2.75) is 43.9 Å². The maximum atomic E-state index is 12.5. The molecule has 0 bridgehead atoms. The summed E-state index contributed by atoms with van der Waals surface area (Å²) in [4.78, 5) is 12.5. The molecule has 0 radical (unpaired) electrons. The molecule has 1 aromatic rings. The van der Waals surface area contributed by atoms with Crippen molar-refractivity contribution in [1.29, 1.82) is 0 Å². The van der Waals surface area contributed by atoms with Crippen LogP contribution in [-0.2, 0) is 0 Å². The van der Waals surface area contributed by atoms with Crippen LogP contribution in [0.5, 0.6) is 0 Å². The van der Waals surface area contributed by atoms with Gasteiger partial charge in [-0.1, -0.05) is 25.5 Å². The van der Waals surface area contributed by atoms with E-state index in [9.17, 15) is 4.79 Å². The molecule has 2 unspecified atom stereocenters. The fourth-order valence-electron chi connectivity index (χ4n) is 2.71. The molecular formula is C16H24N2OS. The van der Waals surface area contributed by atoms with Gasteiger partial charge in [-0.15, -0.1) is 0 Å². The first-order chi connectivity index (χ1) is 9.76. The lowest BCUT2D eigenvalue weighted by Gasteiger charge is -2.20. The van der Waals surface area contributed by atoms with Crippen molar-refractivity contribution in [3.8, 4) is 0 Å². The Morgan fingerprint density at radius 2 is 2.15 bits per heavy atom. The standard InChI is InChI=1S/C16H24N2OS/c1-3-11-17-13-8-5-4-7-12(13)16(19)18-14-9-6-10-15(14)20-2/h4-5,7-8,14-15,17H,3,6,9-11H2,1-2H3,(H,18,19). The molecule has 3 nitrogen and oxygen atoms in total. The van der Waals surface area contributed by atoms with Gasteiger partial charge in [-0.2, -0.15) is 11.8 Å². The molecule has 1 aromatic carbocycles. The maximum Gasteiger partial charge on any atom is 0.253 e. The predicted molar refractivity (Wildman–Crippen MR) is 87.6 cm³/mol. The number of para-hydroxylation sites is 1. The van der Waals surface area contributed by atoms with Crippen LogP contribution in [0.1, 0.15) is 43.0 Å². The minimum Gasteiger partial charge on any atom is -0.384 e. The Kier molecular flexibility index (Phi) is 5.77. The topological polar surface area (TPSA) is 41.1 Å². The van der Waals surface area contributed by atoms with Crippen molar-refractivity contribution in [1.82, 2.24) is 5.32 Å². The molecule has 1 fully saturated rings. The first kappa shape index (κ1) is 15.2. The SMILES string of the molecule is CCCNc1ccccc1C(=O)NC1CCCC1SC. The molecule has 2 N–H and O–H groups in total. The third-order valence-electron chi connectivity index (χ3n) is 3.81. The number of thioether (sulfide) groups is 1. The van der Waals surface area contributed by atoms with Gasteiger partial charge in [-0.3, -0.25) is 4.79 Å². The Hall–Kier alpha value is -1.16. The van der Waals surface area contributed by atoms with Crippen LogP contribution in [0.2, 0.25) is 0 Å². The van der Waals surface area contributed by atoms with E-state index in [1.54, 1.807) is 0 Å². The Balaban J connectivity index is 2.05. The molecule has 0 aliphatic heterocycles. The van der Waals surface area contributed by atoms with Gasteiger partial charge in [0, 0.05) is 23.5 Å². The molecule has 2 atom stereocenters. The minimum absolute atomic E-state index is 0.0511. The monoisotopic (exact) mass is 292 g/mol. The number of benzene rings is 1. The first-order valence-corrected chi connectivity index (χ1v) is 8.71. The summed E-state index contributed by atoms with van der Waals surface area (Å²) >= 11 is 1.87. The van der Waals surface area contributed by atoms with E-state index in [1.165, 1.54) is 12.8 Å². The molecule has 1 aliphatic carbocycles. The Bertz CT molecular complexity index is 450. The summed E-state index contributed by atoms with van der Waals surface area (Å²) in [5, 5.41) is 7.11. The number of hydrogen-bond donors (Lipinski definition) is 2. The fraction of sp³-hybridized carbons (Fsp3) is 0.562. The number of amides is 1. The second-order valence-corrected chi connectivity index (χ2v) is 6.33. The number of carbonyl (C=O) groups excluding carboxylic acids is 1. The molecule has 0 aromatic heterocycles. The van der Waals surface area contributed by atoms with Crippen molar-refractivity contribution >= 4 is 23.4 Å². The number of hydrogen-bond acceptors (Lipinski definition) is 3. The largest absolute Gasteiger partial charge is 0.384 e. The van der Waals surface area contributed by atoms with E-state index in [0.29, 0.717) is 11.3 Å². The molecule has 4 heteroatoms. The lowest BCUT2D eigenvalue weighted by Crippen LogP contribution is -2.38. The van der Waals surface area contributed by atoms with E-state index >= 15 is 0 Å². The molecular weight excluding hydrogens is 268 g/mol. The van der Waals surface area contributed by atoms with Crippen molar-refractivity contribution < 1.29 is 4.79 Å². The van der Waals surface area contributed by atoms with Crippen LogP contribution in [0.3, 0.4) is 0 Å². The van der Waals surface area contributed by atoms with Crippen molar-refractivity contribution in [3.63, 3.8) is 0 Å². The molecule has 1 aliphatic rings. The summed E-state index contributed by atoms with van der Waals surface area (Å²) in [5.74, 6) is 0.0511. The van der Waals surface area contributed by atoms with E-state index in [1.807, 2.05) is 36.0 Å². The van der Waals surface area contributed by atoms with Crippen LogP contribution < -0.4 is 10.6 Å². The highest BCUT2D eigenvalue weighted by Crippen LogP contribution is 2.28. The average molecular weight is 292 g/mol. The van der Waals surface area contributed by atoms with Gasteiger partial charge in [0.05, 0.1) is 5.56 Å². The molecule has 1 amide bonds. The van der Waals surface area contributed by atoms with Crippen molar-refractivity contribution in [2.75, 3.05) is 18.1 Å². The van der Waals surface area contributed by atoms with Gasteiger partial charge in [0.2, 0.25) is 0 Å². The minimum atomic E-state index is 0.0511. The second-order valence-electron chi connectivity index (χ2n) is 5.26. The maximum absolute atomic E-state index is 12.5. The van der Waals surface area contributed by atoms with Gasteiger partial charge in [-0.05, 0) is 37.7 Å². The number of anilines is 1. The second kappa shape index (κ2) is 7.58. The van der Waals surface area contributed by atoms with E-state index < -0.39 is 0 Å². The van der Waals surface area contributed by atoms with Crippen molar-refractivity contribution in [3.05, 3.63) is 29.8 Å². The average Bonchev–Trinajstić information content (AvgIpc) is 2.92. The molecule has 110 valence electrons. The Labute approximate surface area is 125 Å². The quantitative estimate of drug-likeness (QED) is 0.843. The van der Waals surface area contributed by atoms with Gasteiger partial charge in [0.15, 0.2) is 0 Å². The van der Waals surface area contributed by atoms with E-state index in [-0.39, 0.29) is 5.91 Å². The van der Waals surface area contributed by atoms with Crippen LogP contribution in [0.4, 0.5) is 5.69 Å². The zero-order valence-corrected chi connectivity index (χ0v) is 13.1. The number of rotatable bonds is 6. The molecule has 0 spiro atoms.